The van der Waals surface area contributed by atoms with Crippen LogP contribution in [0.3, 0.4) is 0 Å². The average molecular weight is 293 g/mol. The SMILES string of the molecule is CC(C)C1CNC(C(C)(C)C)CN1C1CCN(C2CC2)C1. The average Bonchev–Trinajstić information content (AvgIpc) is 3.15. The molecule has 3 heteroatoms. The van der Waals surface area contributed by atoms with E-state index in [0.29, 0.717) is 17.5 Å². The highest BCUT2D eigenvalue weighted by molar-refractivity contribution is 4.99. The second-order valence-corrected chi connectivity index (χ2v) is 9.00. The highest BCUT2D eigenvalue weighted by Gasteiger charge is 2.42. The number of piperazine rings is 1. The third-order valence-electron chi connectivity index (χ3n) is 5.93. The van der Waals surface area contributed by atoms with Gasteiger partial charge in [-0.15, -0.1) is 0 Å². The summed E-state index contributed by atoms with van der Waals surface area (Å²) in [4.78, 5) is 5.63. The monoisotopic (exact) mass is 293 g/mol. The standard InChI is InChI=1S/C18H35N3/c1-13(2)16-10-19-17(18(3,4)5)12-21(16)15-8-9-20(11-15)14-6-7-14/h13-17,19H,6-12H2,1-5H3. The van der Waals surface area contributed by atoms with Crippen LogP contribution in [0.5, 0.6) is 0 Å². The lowest BCUT2D eigenvalue weighted by atomic mass is 9.83. The maximum atomic E-state index is 3.83. The van der Waals surface area contributed by atoms with Gasteiger partial charge in [0.2, 0.25) is 0 Å². The van der Waals surface area contributed by atoms with Crippen LogP contribution in [0.2, 0.25) is 0 Å². The predicted molar refractivity (Wildman–Crippen MR) is 89.6 cm³/mol. The maximum Gasteiger partial charge on any atom is 0.0247 e. The molecule has 0 spiro atoms. The van der Waals surface area contributed by atoms with E-state index in [1.807, 2.05) is 0 Å². The normalized spacial score (nSPS) is 36.6. The summed E-state index contributed by atoms with van der Waals surface area (Å²) in [6.45, 7) is 17.0. The van der Waals surface area contributed by atoms with Gasteiger partial charge in [-0.2, -0.15) is 0 Å². The summed E-state index contributed by atoms with van der Waals surface area (Å²) < 4.78 is 0. The van der Waals surface area contributed by atoms with Gasteiger partial charge >= 0.3 is 0 Å². The molecule has 2 aliphatic heterocycles. The molecule has 0 aromatic carbocycles. The van der Waals surface area contributed by atoms with Crippen molar-refractivity contribution in [2.45, 2.75) is 78.0 Å². The van der Waals surface area contributed by atoms with Crippen LogP contribution in [0.15, 0.2) is 0 Å². The Hall–Kier alpha value is -0.120. The Bertz CT molecular complexity index is 356. The summed E-state index contributed by atoms with van der Waals surface area (Å²) >= 11 is 0. The Morgan fingerprint density at radius 2 is 1.71 bits per heavy atom. The van der Waals surface area contributed by atoms with Crippen LogP contribution in [0.1, 0.15) is 53.9 Å². The zero-order valence-electron chi connectivity index (χ0n) is 14.7. The molecule has 3 aliphatic rings. The molecule has 3 unspecified atom stereocenters. The summed E-state index contributed by atoms with van der Waals surface area (Å²) in [6, 6.07) is 3.08. The molecule has 3 nitrogen and oxygen atoms in total. The topological polar surface area (TPSA) is 18.5 Å². The molecule has 21 heavy (non-hydrogen) atoms. The van der Waals surface area contributed by atoms with Crippen molar-refractivity contribution >= 4 is 0 Å². The Morgan fingerprint density at radius 1 is 1.00 bits per heavy atom. The minimum atomic E-state index is 0.356. The van der Waals surface area contributed by atoms with Gasteiger partial charge in [0.25, 0.3) is 0 Å². The Morgan fingerprint density at radius 3 is 2.29 bits per heavy atom. The highest BCUT2D eigenvalue weighted by Crippen LogP contribution is 2.34. The van der Waals surface area contributed by atoms with Gasteiger partial charge in [0.05, 0.1) is 0 Å². The molecule has 0 radical (unpaired) electrons. The summed E-state index contributed by atoms with van der Waals surface area (Å²) in [6.07, 6.45) is 4.29. The molecule has 2 saturated heterocycles. The van der Waals surface area contributed by atoms with E-state index < -0.39 is 0 Å². The van der Waals surface area contributed by atoms with E-state index in [9.17, 15) is 0 Å². The van der Waals surface area contributed by atoms with E-state index >= 15 is 0 Å². The maximum absolute atomic E-state index is 3.83. The summed E-state index contributed by atoms with van der Waals surface area (Å²) in [5, 5.41) is 3.83. The first-order valence-corrected chi connectivity index (χ1v) is 9.09. The molecule has 1 saturated carbocycles. The molecular weight excluding hydrogens is 258 g/mol. The van der Waals surface area contributed by atoms with Gasteiger partial charge in [-0.05, 0) is 30.6 Å². The number of hydrogen-bond acceptors (Lipinski definition) is 3. The second-order valence-electron chi connectivity index (χ2n) is 9.00. The molecule has 3 atom stereocenters. The van der Waals surface area contributed by atoms with Crippen molar-refractivity contribution in [3.63, 3.8) is 0 Å². The number of nitrogens with one attached hydrogen (secondary N) is 1. The lowest BCUT2D eigenvalue weighted by Gasteiger charge is -2.49. The van der Waals surface area contributed by atoms with Crippen molar-refractivity contribution in [3.8, 4) is 0 Å². The van der Waals surface area contributed by atoms with Crippen LogP contribution in [0, 0.1) is 11.3 Å². The van der Waals surface area contributed by atoms with E-state index in [1.165, 1.54) is 45.4 Å². The van der Waals surface area contributed by atoms with Crippen LogP contribution in [-0.4, -0.2) is 60.1 Å². The van der Waals surface area contributed by atoms with Gasteiger partial charge < -0.3 is 5.32 Å². The smallest absolute Gasteiger partial charge is 0.0247 e. The van der Waals surface area contributed by atoms with Gasteiger partial charge in [0.15, 0.2) is 0 Å². The molecular formula is C18H35N3. The van der Waals surface area contributed by atoms with Crippen LogP contribution < -0.4 is 5.32 Å². The third-order valence-corrected chi connectivity index (χ3v) is 5.93. The lowest BCUT2D eigenvalue weighted by molar-refractivity contribution is 0.0313. The first-order chi connectivity index (χ1) is 9.86. The van der Waals surface area contributed by atoms with Gasteiger partial charge in [-0.25, -0.2) is 0 Å². The van der Waals surface area contributed by atoms with Gasteiger partial charge in [0.1, 0.15) is 0 Å². The summed E-state index contributed by atoms with van der Waals surface area (Å²) in [5.74, 6) is 0.744. The van der Waals surface area contributed by atoms with Crippen molar-refractivity contribution in [1.82, 2.24) is 15.1 Å². The van der Waals surface area contributed by atoms with E-state index in [4.69, 9.17) is 0 Å². The van der Waals surface area contributed by atoms with Crippen LogP contribution in [-0.2, 0) is 0 Å². The fourth-order valence-corrected chi connectivity index (χ4v) is 4.22. The van der Waals surface area contributed by atoms with Crippen molar-refractivity contribution in [1.29, 1.82) is 0 Å². The van der Waals surface area contributed by atoms with E-state index in [0.717, 1.165) is 18.0 Å². The number of hydrogen-bond donors (Lipinski definition) is 1. The highest BCUT2D eigenvalue weighted by atomic mass is 15.3. The summed E-state index contributed by atoms with van der Waals surface area (Å²) in [5.41, 5.74) is 0.356. The van der Waals surface area contributed by atoms with Crippen molar-refractivity contribution in [2.24, 2.45) is 11.3 Å². The fourth-order valence-electron chi connectivity index (χ4n) is 4.22. The van der Waals surface area contributed by atoms with Crippen molar-refractivity contribution in [3.05, 3.63) is 0 Å². The molecule has 1 N–H and O–H groups in total. The Balaban J connectivity index is 1.68. The fraction of sp³-hybridized carbons (Fsp3) is 1.00. The molecule has 1 aliphatic carbocycles. The minimum Gasteiger partial charge on any atom is -0.311 e. The van der Waals surface area contributed by atoms with Gasteiger partial charge in [-0.3, -0.25) is 9.80 Å². The first kappa shape index (κ1) is 15.8. The van der Waals surface area contributed by atoms with E-state index in [-0.39, 0.29) is 0 Å². The molecule has 122 valence electrons. The number of nitrogens with zero attached hydrogens (tertiary/aromatic N) is 2. The summed E-state index contributed by atoms with van der Waals surface area (Å²) in [7, 11) is 0. The Labute approximate surface area is 131 Å². The molecule has 0 aromatic rings. The second kappa shape index (κ2) is 5.82. The van der Waals surface area contributed by atoms with Crippen LogP contribution in [0.25, 0.3) is 0 Å². The molecule has 3 fully saturated rings. The van der Waals surface area contributed by atoms with Crippen molar-refractivity contribution < 1.29 is 0 Å². The molecule has 0 bridgehead atoms. The third kappa shape index (κ3) is 3.46. The van der Waals surface area contributed by atoms with Crippen LogP contribution in [0.4, 0.5) is 0 Å². The molecule has 3 rings (SSSR count). The number of likely N-dealkylation sites (tertiary alicyclic amines) is 1. The van der Waals surface area contributed by atoms with Crippen molar-refractivity contribution in [2.75, 3.05) is 26.2 Å². The van der Waals surface area contributed by atoms with E-state index in [1.54, 1.807) is 0 Å². The molecule has 0 aromatic heterocycles. The lowest BCUT2D eigenvalue weighted by Crippen LogP contribution is -2.64. The zero-order chi connectivity index (χ0) is 15.2. The van der Waals surface area contributed by atoms with Gasteiger partial charge in [0, 0.05) is 50.3 Å². The zero-order valence-corrected chi connectivity index (χ0v) is 14.7. The van der Waals surface area contributed by atoms with E-state index in [2.05, 4.69) is 49.7 Å². The minimum absolute atomic E-state index is 0.356. The number of rotatable bonds is 3. The molecule has 2 heterocycles. The quantitative estimate of drug-likeness (QED) is 0.863. The Kier molecular flexibility index (Phi) is 4.37. The largest absolute Gasteiger partial charge is 0.311 e. The first-order valence-electron chi connectivity index (χ1n) is 9.09. The van der Waals surface area contributed by atoms with Crippen LogP contribution >= 0.6 is 0 Å². The predicted octanol–water partition coefficient (Wildman–Crippen LogP) is 2.57. The van der Waals surface area contributed by atoms with Gasteiger partial charge in [-0.1, -0.05) is 34.6 Å². The molecule has 0 amide bonds.